The highest BCUT2D eigenvalue weighted by Gasteiger charge is 2.40. The fourth-order valence-electron chi connectivity index (χ4n) is 4.42. The van der Waals surface area contributed by atoms with Gasteiger partial charge >= 0.3 is 0 Å². The Morgan fingerprint density at radius 3 is 2.33 bits per heavy atom. The van der Waals surface area contributed by atoms with Crippen molar-refractivity contribution in [2.45, 2.75) is 76.2 Å². The zero-order valence-corrected chi connectivity index (χ0v) is 12.2. The van der Waals surface area contributed by atoms with Gasteiger partial charge in [-0.3, -0.25) is 4.90 Å². The molecule has 0 radical (unpaired) electrons. The van der Waals surface area contributed by atoms with Gasteiger partial charge in [0.25, 0.3) is 0 Å². The zero-order valence-electron chi connectivity index (χ0n) is 12.2. The van der Waals surface area contributed by atoms with E-state index >= 15 is 0 Å². The van der Waals surface area contributed by atoms with Crippen molar-refractivity contribution in [2.24, 2.45) is 0 Å². The average Bonchev–Trinajstić information content (AvgIpc) is 2.32. The molecule has 0 amide bonds. The lowest BCUT2D eigenvalue weighted by Gasteiger charge is -2.52. The third-order valence-electron chi connectivity index (χ3n) is 5.60. The average molecular weight is 251 g/mol. The molecule has 3 heterocycles. The van der Waals surface area contributed by atoms with Crippen LogP contribution in [-0.4, -0.2) is 60.1 Å². The normalized spacial score (nSPS) is 47.2. The maximum Gasteiger partial charge on any atom is 0.0196 e. The Balaban J connectivity index is 1.69. The molecule has 4 atom stereocenters. The van der Waals surface area contributed by atoms with E-state index < -0.39 is 0 Å². The maximum atomic E-state index is 3.61. The van der Waals surface area contributed by atoms with Crippen molar-refractivity contribution >= 4 is 0 Å². The molecular formula is C15H29N3. The summed E-state index contributed by atoms with van der Waals surface area (Å²) in [5, 5.41) is 3.61. The van der Waals surface area contributed by atoms with Gasteiger partial charge in [-0.25, -0.2) is 0 Å². The molecule has 1 N–H and O–H groups in total. The monoisotopic (exact) mass is 251 g/mol. The molecule has 3 saturated heterocycles. The van der Waals surface area contributed by atoms with E-state index in [2.05, 4.69) is 36.0 Å². The van der Waals surface area contributed by atoms with Crippen LogP contribution in [0.1, 0.15) is 46.0 Å². The number of hydrogen-bond acceptors (Lipinski definition) is 3. The first-order valence-electron chi connectivity index (χ1n) is 7.86. The number of piperidine rings is 2. The van der Waals surface area contributed by atoms with Crippen LogP contribution < -0.4 is 5.32 Å². The molecule has 0 aromatic heterocycles. The predicted molar refractivity (Wildman–Crippen MR) is 75.8 cm³/mol. The van der Waals surface area contributed by atoms with Crippen LogP contribution in [-0.2, 0) is 0 Å². The Morgan fingerprint density at radius 1 is 1.00 bits per heavy atom. The van der Waals surface area contributed by atoms with Crippen LogP contribution in [0.3, 0.4) is 0 Å². The molecule has 2 bridgehead atoms. The molecule has 0 aliphatic carbocycles. The van der Waals surface area contributed by atoms with Crippen molar-refractivity contribution in [3.8, 4) is 0 Å². The van der Waals surface area contributed by atoms with Crippen LogP contribution in [0, 0.1) is 0 Å². The van der Waals surface area contributed by atoms with Crippen molar-refractivity contribution in [3.63, 3.8) is 0 Å². The number of fused-ring (bicyclic) bond motifs is 2. The Morgan fingerprint density at radius 2 is 1.67 bits per heavy atom. The fraction of sp³-hybridized carbons (Fsp3) is 1.00. The molecule has 0 aromatic carbocycles. The molecular weight excluding hydrogens is 222 g/mol. The van der Waals surface area contributed by atoms with E-state index in [1.54, 1.807) is 0 Å². The number of nitrogens with one attached hydrogen (secondary N) is 1. The molecule has 0 aromatic rings. The van der Waals surface area contributed by atoms with Crippen LogP contribution in [0.4, 0.5) is 0 Å². The van der Waals surface area contributed by atoms with Gasteiger partial charge in [-0.05, 0) is 46.6 Å². The lowest BCUT2D eigenvalue weighted by Crippen LogP contribution is -2.62. The number of rotatable bonds is 1. The molecule has 3 nitrogen and oxygen atoms in total. The first-order valence-corrected chi connectivity index (χ1v) is 7.86. The standard InChI is InChI=1S/C15H29N3/c1-11-10-18(12(2)9-16-11)15-7-13-5-4-6-14(8-15)17(13)3/h11-16H,4-10H2,1-3H3. The van der Waals surface area contributed by atoms with Crippen molar-refractivity contribution < 1.29 is 0 Å². The number of nitrogens with zero attached hydrogens (tertiary/aromatic N) is 2. The maximum absolute atomic E-state index is 3.61. The summed E-state index contributed by atoms with van der Waals surface area (Å²) in [6.45, 7) is 7.14. The number of hydrogen-bond donors (Lipinski definition) is 1. The lowest BCUT2D eigenvalue weighted by atomic mass is 9.81. The van der Waals surface area contributed by atoms with Gasteiger partial charge < -0.3 is 10.2 Å². The van der Waals surface area contributed by atoms with E-state index in [9.17, 15) is 0 Å². The third kappa shape index (κ3) is 2.33. The zero-order chi connectivity index (χ0) is 12.7. The minimum Gasteiger partial charge on any atom is -0.311 e. The summed E-state index contributed by atoms with van der Waals surface area (Å²) in [5.41, 5.74) is 0. The van der Waals surface area contributed by atoms with Gasteiger partial charge in [0, 0.05) is 43.3 Å². The molecule has 3 aliphatic heterocycles. The molecule has 4 unspecified atom stereocenters. The van der Waals surface area contributed by atoms with E-state index in [1.807, 2.05) is 0 Å². The van der Waals surface area contributed by atoms with Gasteiger partial charge in [-0.15, -0.1) is 0 Å². The third-order valence-corrected chi connectivity index (χ3v) is 5.60. The van der Waals surface area contributed by atoms with Crippen molar-refractivity contribution in [1.82, 2.24) is 15.1 Å². The summed E-state index contributed by atoms with van der Waals surface area (Å²) in [5.74, 6) is 0. The van der Waals surface area contributed by atoms with Gasteiger partial charge in [-0.2, -0.15) is 0 Å². The minimum atomic E-state index is 0.667. The molecule has 3 aliphatic rings. The Hall–Kier alpha value is -0.120. The molecule has 0 spiro atoms. The number of piperazine rings is 1. The van der Waals surface area contributed by atoms with Gasteiger partial charge in [0.15, 0.2) is 0 Å². The van der Waals surface area contributed by atoms with Gasteiger partial charge in [0.05, 0.1) is 0 Å². The van der Waals surface area contributed by atoms with Gasteiger partial charge in [0.2, 0.25) is 0 Å². The Bertz CT molecular complexity index is 279. The molecule has 0 saturated carbocycles. The topological polar surface area (TPSA) is 18.5 Å². The predicted octanol–water partition coefficient (Wildman–Crippen LogP) is 1.68. The molecule has 3 heteroatoms. The summed E-state index contributed by atoms with van der Waals surface area (Å²) in [6, 6.07) is 3.95. The molecule has 104 valence electrons. The van der Waals surface area contributed by atoms with E-state index in [1.165, 1.54) is 45.2 Å². The summed E-state index contributed by atoms with van der Waals surface area (Å²) in [6.07, 6.45) is 7.13. The Labute approximate surface area is 112 Å². The van der Waals surface area contributed by atoms with Crippen molar-refractivity contribution in [3.05, 3.63) is 0 Å². The first-order chi connectivity index (χ1) is 8.65. The minimum absolute atomic E-state index is 0.667. The first kappa shape index (κ1) is 12.9. The molecule has 3 rings (SSSR count). The van der Waals surface area contributed by atoms with E-state index in [0.29, 0.717) is 6.04 Å². The lowest BCUT2D eigenvalue weighted by molar-refractivity contribution is -0.0141. The summed E-state index contributed by atoms with van der Waals surface area (Å²) < 4.78 is 0. The highest BCUT2D eigenvalue weighted by molar-refractivity contribution is 4.97. The summed E-state index contributed by atoms with van der Waals surface area (Å²) in [4.78, 5) is 5.48. The molecule has 3 fully saturated rings. The van der Waals surface area contributed by atoms with Crippen LogP contribution in [0.25, 0.3) is 0 Å². The second kappa shape index (κ2) is 5.10. The van der Waals surface area contributed by atoms with Gasteiger partial charge in [0.1, 0.15) is 0 Å². The second-order valence-corrected chi connectivity index (χ2v) is 6.88. The highest BCUT2D eigenvalue weighted by Crippen LogP contribution is 2.35. The largest absolute Gasteiger partial charge is 0.311 e. The van der Waals surface area contributed by atoms with E-state index in [4.69, 9.17) is 0 Å². The molecule has 18 heavy (non-hydrogen) atoms. The van der Waals surface area contributed by atoms with Crippen LogP contribution in [0.15, 0.2) is 0 Å². The highest BCUT2D eigenvalue weighted by atomic mass is 15.3. The van der Waals surface area contributed by atoms with Crippen LogP contribution in [0.5, 0.6) is 0 Å². The van der Waals surface area contributed by atoms with Crippen LogP contribution in [0.2, 0.25) is 0 Å². The van der Waals surface area contributed by atoms with Crippen molar-refractivity contribution in [2.75, 3.05) is 20.1 Å². The SMILES string of the molecule is CC1CN(C2CC3CCCC(C2)N3C)C(C)CN1. The second-order valence-electron chi connectivity index (χ2n) is 6.88. The quantitative estimate of drug-likeness (QED) is 0.765. The van der Waals surface area contributed by atoms with Crippen molar-refractivity contribution in [1.29, 1.82) is 0 Å². The fourth-order valence-corrected chi connectivity index (χ4v) is 4.42. The smallest absolute Gasteiger partial charge is 0.0196 e. The van der Waals surface area contributed by atoms with E-state index in [0.717, 1.165) is 24.2 Å². The summed E-state index contributed by atoms with van der Waals surface area (Å²) >= 11 is 0. The van der Waals surface area contributed by atoms with E-state index in [-0.39, 0.29) is 0 Å². The summed E-state index contributed by atoms with van der Waals surface area (Å²) in [7, 11) is 2.36. The Kier molecular flexibility index (Phi) is 3.65. The van der Waals surface area contributed by atoms with Crippen LogP contribution >= 0.6 is 0 Å². The van der Waals surface area contributed by atoms with Gasteiger partial charge in [-0.1, -0.05) is 6.42 Å².